The number of para-hydroxylation sites is 1. The van der Waals surface area contributed by atoms with Crippen molar-refractivity contribution in [3.63, 3.8) is 0 Å². The summed E-state index contributed by atoms with van der Waals surface area (Å²) >= 11 is 3.19. The van der Waals surface area contributed by atoms with Gasteiger partial charge in [0.15, 0.2) is 0 Å². The first-order valence-electron chi connectivity index (χ1n) is 9.04. The molecule has 0 fully saturated rings. The number of anilines is 1. The van der Waals surface area contributed by atoms with Gasteiger partial charge >= 0.3 is 0 Å². The maximum absolute atomic E-state index is 13.7. The first kappa shape index (κ1) is 19.6. The molecule has 0 amide bonds. The highest BCUT2D eigenvalue weighted by molar-refractivity contribution is 9.10. The zero-order valence-electron chi connectivity index (χ0n) is 15.6. The molecule has 0 unspecified atom stereocenters. The Morgan fingerprint density at radius 1 is 0.900 bits per heavy atom. The van der Waals surface area contributed by atoms with Crippen LogP contribution in [0.25, 0.3) is 22.4 Å². The largest absolute Gasteiger partial charge is 0.457 e. The summed E-state index contributed by atoms with van der Waals surface area (Å²) < 4.78 is 19.8. The summed E-state index contributed by atoms with van der Waals surface area (Å²) in [6.45, 7) is 0. The monoisotopic (exact) mass is 459 g/mol. The summed E-state index contributed by atoms with van der Waals surface area (Å²) in [5, 5.41) is 9.55. The maximum Gasteiger partial charge on any atom is 0.142 e. The molecule has 0 saturated heterocycles. The number of aromatic nitrogens is 1. The number of hydrogen-bond acceptors (Lipinski definition) is 4. The van der Waals surface area contributed by atoms with E-state index in [4.69, 9.17) is 10.5 Å². The van der Waals surface area contributed by atoms with Crippen molar-refractivity contribution in [2.75, 3.05) is 5.73 Å². The van der Waals surface area contributed by atoms with E-state index >= 15 is 0 Å². The lowest BCUT2D eigenvalue weighted by atomic mass is 9.98. The van der Waals surface area contributed by atoms with Gasteiger partial charge in [-0.2, -0.15) is 5.26 Å². The molecule has 0 radical (unpaired) electrons. The van der Waals surface area contributed by atoms with Crippen LogP contribution in [0.2, 0.25) is 0 Å². The van der Waals surface area contributed by atoms with Crippen molar-refractivity contribution in [3.05, 3.63) is 94.7 Å². The van der Waals surface area contributed by atoms with Gasteiger partial charge in [-0.05, 0) is 76.1 Å². The number of pyridine rings is 1. The van der Waals surface area contributed by atoms with Gasteiger partial charge in [0, 0.05) is 11.1 Å². The van der Waals surface area contributed by atoms with E-state index in [-0.39, 0.29) is 17.2 Å². The molecule has 0 aliphatic rings. The van der Waals surface area contributed by atoms with Crippen LogP contribution < -0.4 is 10.5 Å². The molecule has 0 spiro atoms. The fourth-order valence-corrected chi connectivity index (χ4v) is 3.42. The van der Waals surface area contributed by atoms with Gasteiger partial charge in [0.1, 0.15) is 34.8 Å². The topological polar surface area (TPSA) is 71.9 Å². The van der Waals surface area contributed by atoms with Crippen LogP contribution >= 0.6 is 15.9 Å². The summed E-state index contributed by atoms with van der Waals surface area (Å²) in [4.78, 5) is 4.38. The molecule has 30 heavy (non-hydrogen) atoms. The van der Waals surface area contributed by atoms with Crippen LogP contribution in [0.1, 0.15) is 5.56 Å². The molecule has 146 valence electrons. The lowest BCUT2D eigenvalue weighted by molar-refractivity contribution is 0.483. The van der Waals surface area contributed by atoms with Crippen LogP contribution in [0.5, 0.6) is 11.5 Å². The second-order valence-corrected chi connectivity index (χ2v) is 7.35. The van der Waals surface area contributed by atoms with Crippen LogP contribution in [0.15, 0.2) is 83.3 Å². The van der Waals surface area contributed by atoms with E-state index in [0.717, 1.165) is 11.3 Å². The summed E-state index contributed by atoms with van der Waals surface area (Å²) in [6.07, 6.45) is 0. The Bertz CT molecular complexity index is 1250. The quantitative estimate of drug-likeness (QED) is 0.374. The number of rotatable bonds is 4. The summed E-state index contributed by atoms with van der Waals surface area (Å²) in [5.74, 6) is 1.17. The third kappa shape index (κ3) is 4.02. The van der Waals surface area contributed by atoms with Gasteiger partial charge < -0.3 is 10.5 Å². The molecule has 3 aromatic carbocycles. The molecular formula is C24H15BrFN3O. The highest BCUT2D eigenvalue weighted by Gasteiger charge is 2.15. The smallest absolute Gasteiger partial charge is 0.142 e. The van der Waals surface area contributed by atoms with Crippen LogP contribution in [-0.4, -0.2) is 4.98 Å². The average molecular weight is 460 g/mol. The molecule has 0 bridgehead atoms. The van der Waals surface area contributed by atoms with E-state index in [2.05, 4.69) is 27.0 Å². The number of nitrogens with two attached hydrogens (primary N) is 1. The zero-order valence-corrected chi connectivity index (χ0v) is 17.2. The van der Waals surface area contributed by atoms with E-state index in [1.54, 1.807) is 18.2 Å². The average Bonchev–Trinajstić information content (AvgIpc) is 2.76. The van der Waals surface area contributed by atoms with Crippen molar-refractivity contribution in [2.45, 2.75) is 0 Å². The summed E-state index contributed by atoms with van der Waals surface area (Å²) in [6, 6.07) is 25.4. The Balaban J connectivity index is 1.72. The van der Waals surface area contributed by atoms with Gasteiger partial charge in [-0.15, -0.1) is 0 Å². The summed E-state index contributed by atoms with van der Waals surface area (Å²) in [7, 11) is 0. The van der Waals surface area contributed by atoms with E-state index in [1.165, 1.54) is 6.07 Å². The third-order valence-corrected chi connectivity index (χ3v) is 5.13. The predicted molar refractivity (Wildman–Crippen MR) is 118 cm³/mol. The van der Waals surface area contributed by atoms with Gasteiger partial charge in [0.25, 0.3) is 0 Å². The maximum atomic E-state index is 13.7. The number of ether oxygens (including phenoxy) is 1. The van der Waals surface area contributed by atoms with Crippen molar-refractivity contribution in [3.8, 4) is 40.0 Å². The summed E-state index contributed by atoms with van der Waals surface area (Å²) in [5.41, 5.74) is 8.99. The minimum absolute atomic E-state index is 0.120. The van der Waals surface area contributed by atoms with E-state index < -0.39 is 0 Å². The fraction of sp³-hybridized carbons (Fsp3) is 0. The van der Waals surface area contributed by atoms with Gasteiger partial charge in [-0.25, -0.2) is 9.37 Å². The first-order chi connectivity index (χ1) is 14.5. The molecular weight excluding hydrogens is 445 g/mol. The van der Waals surface area contributed by atoms with Crippen LogP contribution in [-0.2, 0) is 0 Å². The van der Waals surface area contributed by atoms with Gasteiger partial charge in [0.2, 0.25) is 0 Å². The van der Waals surface area contributed by atoms with Crippen molar-refractivity contribution in [1.82, 2.24) is 4.98 Å². The Hall–Kier alpha value is -3.69. The Morgan fingerprint density at radius 2 is 1.57 bits per heavy atom. The normalized spacial score (nSPS) is 10.4. The molecule has 4 nitrogen and oxygen atoms in total. The first-order valence-corrected chi connectivity index (χ1v) is 9.84. The molecule has 6 heteroatoms. The lowest BCUT2D eigenvalue weighted by Crippen LogP contribution is -2.00. The van der Waals surface area contributed by atoms with Gasteiger partial charge in [-0.1, -0.05) is 24.3 Å². The number of nitrogen functional groups attached to an aromatic ring is 1. The van der Waals surface area contributed by atoms with Crippen LogP contribution in [0.4, 0.5) is 10.2 Å². The highest BCUT2D eigenvalue weighted by atomic mass is 79.9. The highest BCUT2D eigenvalue weighted by Crippen LogP contribution is 2.34. The van der Waals surface area contributed by atoms with Crippen molar-refractivity contribution < 1.29 is 9.13 Å². The molecule has 4 rings (SSSR count). The Labute approximate surface area is 181 Å². The second kappa shape index (κ2) is 8.36. The molecule has 4 aromatic rings. The van der Waals surface area contributed by atoms with Crippen LogP contribution in [0.3, 0.4) is 0 Å². The number of nitrogens with zero attached hydrogens (tertiary/aromatic N) is 2. The van der Waals surface area contributed by atoms with Crippen molar-refractivity contribution >= 4 is 21.7 Å². The number of benzene rings is 3. The third-order valence-electron chi connectivity index (χ3n) is 4.52. The second-order valence-electron chi connectivity index (χ2n) is 6.50. The minimum Gasteiger partial charge on any atom is -0.457 e. The van der Waals surface area contributed by atoms with E-state index in [0.29, 0.717) is 27.0 Å². The predicted octanol–water partition coefficient (Wildman–Crippen LogP) is 6.56. The standard InChI is InChI=1S/C24H15BrFN3O/c25-21-12-16(8-11-22(21)26)19-13-23(29-24(28)20(19)14-27)15-6-9-18(10-7-15)30-17-4-2-1-3-5-17/h1-13H,(H2,28,29). The molecule has 1 heterocycles. The molecule has 2 N–H and O–H groups in total. The molecule has 0 atom stereocenters. The fourth-order valence-electron chi connectivity index (χ4n) is 3.04. The van der Waals surface area contributed by atoms with Gasteiger partial charge in [0.05, 0.1) is 10.2 Å². The zero-order chi connectivity index (χ0) is 21.1. The molecule has 0 saturated carbocycles. The number of halogens is 2. The Morgan fingerprint density at radius 3 is 2.23 bits per heavy atom. The van der Waals surface area contributed by atoms with Crippen molar-refractivity contribution in [2.24, 2.45) is 0 Å². The van der Waals surface area contributed by atoms with E-state index in [1.807, 2.05) is 54.6 Å². The number of nitriles is 1. The van der Waals surface area contributed by atoms with Gasteiger partial charge in [-0.3, -0.25) is 0 Å². The minimum atomic E-state index is -0.381. The Kier molecular flexibility index (Phi) is 5.46. The SMILES string of the molecule is N#Cc1c(-c2ccc(F)c(Br)c2)cc(-c2ccc(Oc3ccccc3)cc2)nc1N. The number of hydrogen-bond donors (Lipinski definition) is 1. The van der Waals surface area contributed by atoms with E-state index in [9.17, 15) is 9.65 Å². The van der Waals surface area contributed by atoms with Crippen molar-refractivity contribution in [1.29, 1.82) is 5.26 Å². The molecule has 0 aliphatic heterocycles. The lowest BCUT2D eigenvalue weighted by Gasteiger charge is -2.11. The molecule has 1 aromatic heterocycles. The molecule has 0 aliphatic carbocycles. The van der Waals surface area contributed by atoms with Crippen LogP contribution in [0, 0.1) is 17.1 Å².